The fraction of sp³-hybridized carbons (Fsp3) is 0.786. The van der Waals surface area contributed by atoms with Gasteiger partial charge in [0.25, 0.3) is 5.91 Å². The summed E-state index contributed by atoms with van der Waals surface area (Å²) in [6.07, 6.45) is 0.959. The van der Waals surface area contributed by atoms with Gasteiger partial charge in [0.2, 0.25) is 5.91 Å². The topological polar surface area (TPSA) is 87.2 Å². The zero-order valence-electron chi connectivity index (χ0n) is 12.9. The molecule has 1 aliphatic heterocycles. The largest absolute Gasteiger partial charge is 0.481 e. The molecule has 0 aliphatic carbocycles. The molecular weight excluding hydrogens is 276 g/mol. The summed E-state index contributed by atoms with van der Waals surface area (Å²) in [5, 5.41) is 8.93. The van der Waals surface area contributed by atoms with E-state index >= 15 is 0 Å². The van der Waals surface area contributed by atoms with E-state index in [1.54, 1.807) is 11.9 Å². The zero-order chi connectivity index (χ0) is 16.0. The minimum atomic E-state index is -0.805. The van der Waals surface area contributed by atoms with Gasteiger partial charge in [-0.25, -0.2) is 0 Å². The standard InChI is InChI=1S/C14H24N2O5/c1-4-11(21-3)13(18)15(2)9-12(17)16-7-5-10(6-8-16)14(19)20/h10-11H,4-9H2,1-3H3,(H,19,20). The van der Waals surface area contributed by atoms with E-state index in [1.807, 2.05) is 6.92 Å². The van der Waals surface area contributed by atoms with Crippen LogP contribution in [0.25, 0.3) is 0 Å². The van der Waals surface area contributed by atoms with Crippen LogP contribution in [0, 0.1) is 5.92 Å². The first-order valence-corrected chi connectivity index (χ1v) is 7.19. The highest BCUT2D eigenvalue weighted by atomic mass is 16.5. The average Bonchev–Trinajstić information content (AvgIpc) is 2.48. The lowest BCUT2D eigenvalue weighted by atomic mass is 9.97. The van der Waals surface area contributed by atoms with Gasteiger partial charge in [0.05, 0.1) is 12.5 Å². The molecule has 0 aromatic carbocycles. The monoisotopic (exact) mass is 300 g/mol. The average molecular weight is 300 g/mol. The van der Waals surface area contributed by atoms with E-state index in [4.69, 9.17) is 9.84 Å². The van der Waals surface area contributed by atoms with Gasteiger partial charge in [-0.3, -0.25) is 14.4 Å². The maximum atomic E-state index is 12.1. The van der Waals surface area contributed by atoms with E-state index in [9.17, 15) is 14.4 Å². The molecule has 1 fully saturated rings. The Morgan fingerprint density at radius 1 is 1.33 bits per heavy atom. The fourth-order valence-corrected chi connectivity index (χ4v) is 2.44. The van der Waals surface area contributed by atoms with Gasteiger partial charge in [0.1, 0.15) is 6.10 Å². The molecule has 120 valence electrons. The lowest BCUT2D eigenvalue weighted by Crippen LogP contribution is -2.47. The van der Waals surface area contributed by atoms with Crippen LogP contribution in [-0.4, -0.2) is 72.6 Å². The molecule has 1 rings (SSSR count). The third kappa shape index (κ3) is 4.70. The van der Waals surface area contributed by atoms with Gasteiger partial charge < -0.3 is 19.6 Å². The number of piperidine rings is 1. The van der Waals surface area contributed by atoms with Crippen molar-refractivity contribution in [2.24, 2.45) is 5.92 Å². The molecular formula is C14H24N2O5. The number of likely N-dealkylation sites (N-methyl/N-ethyl adjacent to an activating group) is 1. The van der Waals surface area contributed by atoms with Crippen molar-refractivity contribution in [1.29, 1.82) is 0 Å². The van der Waals surface area contributed by atoms with Crippen LogP contribution < -0.4 is 0 Å². The molecule has 1 saturated heterocycles. The van der Waals surface area contributed by atoms with Crippen LogP contribution in [-0.2, 0) is 19.1 Å². The van der Waals surface area contributed by atoms with Crippen molar-refractivity contribution in [2.45, 2.75) is 32.3 Å². The quantitative estimate of drug-likeness (QED) is 0.757. The number of methoxy groups -OCH3 is 1. The van der Waals surface area contributed by atoms with Gasteiger partial charge in [0.15, 0.2) is 0 Å². The number of nitrogens with zero attached hydrogens (tertiary/aromatic N) is 2. The van der Waals surface area contributed by atoms with Crippen molar-refractivity contribution < 1.29 is 24.2 Å². The molecule has 0 saturated carbocycles. The molecule has 0 spiro atoms. The summed E-state index contributed by atoms with van der Waals surface area (Å²) < 4.78 is 5.07. The lowest BCUT2D eigenvalue weighted by molar-refractivity contribution is -0.148. The lowest BCUT2D eigenvalue weighted by Gasteiger charge is -2.32. The Kier molecular flexibility index (Phi) is 6.61. The molecule has 0 bridgehead atoms. The van der Waals surface area contributed by atoms with Crippen molar-refractivity contribution in [2.75, 3.05) is 33.8 Å². The number of carbonyl (C=O) groups is 3. The van der Waals surface area contributed by atoms with Gasteiger partial charge in [-0.2, -0.15) is 0 Å². The maximum Gasteiger partial charge on any atom is 0.306 e. The van der Waals surface area contributed by atoms with E-state index in [0.717, 1.165) is 0 Å². The van der Waals surface area contributed by atoms with Crippen LogP contribution in [0.4, 0.5) is 0 Å². The number of rotatable bonds is 6. The highest BCUT2D eigenvalue weighted by Crippen LogP contribution is 2.17. The van der Waals surface area contributed by atoms with Crippen LogP contribution in [0.2, 0.25) is 0 Å². The van der Waals surface area contributed by atoms with Crippen molar-refractivity contribution in [1.82, 2.24) is 9.80 Å². The van der Waals surface area contributed by atoms with Crippen molar-refractivity contribution in [3.63, 3.8) is 0 Å². The Bertz CT molecular complexity index is 387. The summed E-state index contributed by atoms with van der Waals surface area (Å²) in [6, 6.07) is 0. The molecule has 0 aromatic heterocycles. The molecule has 1 N–H and O–H groups in total. The van der Waals surface area contributed by atoms with E-state index in [1.165, 1.54) is 12.0 Å². The third-order valence-corrected chi connectivity index (χ3v) is 3.88. The van der Waals surface area contributed by atoms with Gasteiger partial charge in [-0.05, 0) is 19.3 Å². The zero-order valence-corrected chi connectivity index (χ0v) is 12.9. The van der Waals surface area contributed by atoms with Gasteiger partial charge in [0, 0.05) is 27.2 Å². The second-order valence-corrected chi connectivity index (χ2v) is 5.32. The number of carboxylic acid groups (broad SMARTS) is 1. The van der Waals surface area contributed by atoms with Gasteiger partial charge >= 0.3 is 5.97 Å². The minimum Gasteiger partial charge on any atom is -0.481 e. The first-order valence-electron chi connectivity index (χ1n) is 7.19. The Morgan fingerprint density at radius 3 is 2.33 bits per heavy atom. The number of hydrogen-bond donors (Lipinski definition) is 1. The number of carbonyl (C=O) groups excluding carboxylic acids is 2. The van der Waals surface area contributed by atoms with Crippen molar-refractivity contribution in [3.05, 3.63) is 0 Å². The van der Waals surface area contributed by atoms with Crippen LogP contribution in [0.3, 0.4) is 0 Å². The summed E-state index contributed by atoms with van der Waals surface area (Å²) in [5.41, 5.74) is 0. The molecule has 21 heavy (non-hydrogen) atoms. The van der Waals surface area contributed by atoms with Gasteiger partial charge in [-0.1, -0.05) is 6.92 Å². The Morgan fingerprint density at radius 2 is 1.90 bits per heavy atom. The smallest absolute Gasteiger partial charge is 0.306 e. The molecule has 1 heterocycles. The van der Waals surface area contributed by atoms with E-state index < -0.39 is 12.1 Å². The molecule has 7 heteroatoms. The fourth-order valence-electron chi connectivity index (χ4n) is 2.44. The SMILES string of the molecule is CCC(OC)C(=O)N(C)CC(=O)N1CCC(C(=O)O)CC1. The summed E-state index contributed by atoms with van der Waals surface area (Å²) in [5.74, 6) is -1.54. The first-order chi connectivity index (χ1) is 9.90. The predicted octanol–water partition coefficient (Wildman–Crippen LogP) is 0.193. The third-order valence-electron chi connectivity index (χ3n) is 3.88. The molecule has 1 atom stereocenters. The van der Waals surface area contributed by atoms with Crippen molar-refractivity contribution in [3.8, 4) is 0 Å². The maximum absolute atomic E-state index is 12.1. The van der Waals surface area contributed by atoms with Crippen LogP contribution in [0.1, 0.15) is 26.2 Å². The number of likely N-dealkylation sites (tertiary alicyclic amines) is 1. The number of amides is 2. The van der Waals surface area contributed by atoms with E-state index in [2.05, 4.69) is 0 Å². The predicted molar refractivity (Wildman–Crippen MR) is 75.7 cm³/mol. The molecule has 0 aromatic rings. The summed E-state index contributed by atoms with van der Waals surface area (Å²) in [7, 11) is 3.05. The Hall–Kier alpha value is -1.63. The summed E-state index contributed by atoms with van der Waals surface area (Å²) in [6.45, 7) is 2.70. The Balaban J connectivity index is 2.47. The van der Waals surface area contributed by atoms with Crippen LogP contribution in [0.5, 0.6) is 0 Å². The van der Waals surface area contributed by atoms with Crippen molar-refractivity contribution >= 4 is 17.8 Å². The van der Waals surface area contributed by atoms with E-state index in [-0.39, 0.29) is 24.3 Å². The second kappa shape index (κ2) is 7.97. The number of ether oxygens (including phenoxy) is 1. The number of aliphatic carboxylic acids is 1. The van der Waals surface area contributed by atoms with Gasteiger partial charge in [-0.15, -0.1) is 0 Å². The number of carboxylic acids is 1. The molecule has 0 radical (unpaired) electrons. The minimum absolute atomic E-state index is 0.00354. The summed E-state index contributed by atoms with van der Waals surface area (Å²) in [4.78, 5) is 38.0. The Labute approximate surface area is 124 Å². The summed E-state index contributed by atoms with van der Waals surface area (Å²) >= 11 is 0. The van der Waals surface area contributed by atoms with Crippen LogP contribution >= 0.6 is 0 Å². The second-order valence-electron chi connectivity index (χ2n) is 5.32. The van der Waals surface area contributed by atoms with Crippen LogP contribution in [0.15, 0.2) is 0 Å². The molecule has 1 unspecified atom stereocenters. The van der Waals surface area contributed by atoms with E-state index in [0.29, 0.717) is 32.4 Å². The highest BCUT2D eigenvalue weighted by Gasteiger charge is 2.28. The molecule has 1 aliphatic rings. The highest BCUT2D eigenvalue weighted by molar-refractivity contribution is 5.87. The normalized spacial score (nSPS) is 17.4. The molecule has 2 amide bonds. The molecule has 7 nitrogen and oxygen atoms in total. The number of hydrogen-bond acceptors (Lipinski definition) is 4. The first kappa shape index (κ1) is 17.4.